The molecule has 5 nitrogen and oxygen atoms in total. The summed E-state index contributed by atoms with van der Waals surface area (Å²) < 4.78 is 17.4. The Hall–Kier alpha value is -3.08. The van der Waals surface area contributed by atoms with Crippen LogP contribution in [0.15, 0.2) is 42.5 Å². The van der Waals surface area contributed by atoms with Gasteiger partial charge in [0.1, 0.15) is 17.2 Å². The van der Waals surface area contributed by atoms with E-state index in [0.29, 0.717) is 30.3 Å². The Labute approximate surface area is 210 Å². The van der Waals surface area contributed by atoms with Gasteiger partial charge < -0.3 is 14.2 Å². The van der Waals surface area contributed by atoms with Gasteiger partial charge in [-0.2, -0.15) is 0 Å². The fourth-order valence-corrected chi connectivity index (χ4v) is 3.17. The van der Waals surface area contributed by atoms with Crippen molar-refractivity contribution in [1.82, 2.24) is 0 Å². The van der Waals surface area contributed by atoms with Crippen LogP contribution in [0.2, 0.25) is 0 Å². The summed E-state index contributed by atoms with van der Waals surface area (Å²) in [6.45, 7) is 17.1. The van der Waals surface area contributed by atoms with E-state index < -0.39 is 5.41 Å². The van der Waals surface area contributed by atoms with E-state index in [1.54, 1.807) is 57.2 Å². The molecule has 0 N–H and O–H groups in total. The summed E-state index contributed by atoms with van der Waals surface area (Å²) in [5, 5.41) is 0. The first-order valence-electron chi connectivity index (χ1n) is 12.4. The number of esters is 1. The maximum Gasteiger partial charge on any atom is 0.316 e. The molecule has 2 aromatic rings. The Balaban J connectivity index is 2.32. The maximum absolute atomic E-state index is 12.9. The lowest BCUT2D eigenvalue weighted by molar-refractivity contribution is -0.143. The van der Waals surface area contributed by atoms with Gasteiger partial charge in [0.25, 0.3) is 0 Å². The molecule has 190 valence electrons. The van der Waals surface area contributed by atoms with Gasteiger partial charge in [0.2, 0.25) is 0 Å². The summed E-state index contributed by atoms with van der Waals surface area (Å²) >= 11 is 0. The van der Waals surface area contributed by atoms with Gasteiger partial charge in [0.05, 0.1) is 18.6 Å². The van der Waals surface area contributed by atoms with E-state index >= 15 is 0 Å². The third-order valence-electron chi connectivity index (χ3n) is 5.22. The third-order valence-corrected chi connectivity index (χ3v) is 5.22. The summed E-state index contributed by atoms with van der Waals surface area (Å²) in [4.78, 5) is 24.9. The molecule has 0 saturated heterocycles. The van der Waals surface area contributed by atoms with E-state index in [1.807, 2.05) is 6.07 Å². The first-order valence-corrected chi connectivity index (χ1v) is 12.4. The minimum atomic E-state index is -0.599. The lowest BCUT2D eigenvalue weighted by Crippen LogP contribution is -2.25. The monoisotopic (exact) mass is 480 g/mol. The standard InChI is InChI=1S/C30H40O5/c1-9-17-33-26-20-27(34-18-10-2)24(29(3,4)5)19-22(26)13-16-25(31)21-11-14-23(15-12-21)35-28(32)30(6,7)8/h11-16,19-20H,9-10,17-18H2,1-8H3. The van der Waals surface area contributed by atoms with E-state index in [4.69, 9.17) is 14.2 Å². The Morgan fingerprint density at radius 1 is 0.829 bits per heavy atom. The van der Waals surface area contributed by atoms with Crippen LogP contribution in [0.4, 0.5) is 0 Å². The SMILES string of the molecule is CCCOc1cc(OCCC)c(C(C)(C)C)cc1C=CC(=O)c1ccc(OC(=O)C(C)(C)C)cc1. The van der Waals surface area contributed by atoms with Crippen LogP contribution >= 0.6 is 0 Å². The Morgan fingerprint density at radius 3 is 1.91 bits per heavy atom. The number of allylic oxidation sites excluding steroid dienone is 1. The highest BCUT2D eigenvalue weighted by Gasteiger charge is 2.24. The van der Waals surface area contributed by atoms with Gasteiger partial charge in [-0.25, -0.2) is 0 Å². The zero-order valence-corrected chi connectivity index (χ0v) is 22.5. The number of carbonyl (C=O) groups excluding carboxylic acids is 2. The van der Waals surface area contributed by atoms with Gasteiger partial charge in [0.15, 0.2) is 5.78 Å². The highest BCUT2D eigenvalue weighted by atomic mass is 16.5. The molecule has 0 aromatic heterocycles. The number of benzene rings is 2. The van der Waals surface area contributed by atoms with E-state index in [2.05, 4.69) is 40.7 Å². The largest absolute Gasteiger partial charge is 0.493 e. The average Bonchev–Trinajstić information content (AvgIpc) is 2.79. The first-order chi connectivity index (χ1) is 16.4. The number of hydrogen-bond acceptors (Lipinski definition) is 5. The zero-order chi connectivity index (χ0) is 26.2. The second-order valence-electron chi connectivity index (χ2n) is 10.7. The summed E-state index contributed by atoms with van der Waals surface area (Å²) in [5.74, 6) is 1.45. The van der Waals surface area contributed by atoms with Crippen LogP contribution in [-0.4, -0.2) is 25.0 Å². The molecule has 0 fully saturated rings. The second-order valence-corrected chi connectivity index (χ2v) is 10.7. The van der Waals surface area contributed by atoms with Crippen molar-refractivity contribution in [3.63, 3.8) is 0 Å². The molecule has 0 bridgehead atoms. The van der Waals surface area contributed by atoms with E-state index in [9.17, 15) is 9.59 Å². The van der Waals surface area contributed by atoms with Crippen molar-refractivity contribution in [3.8, 4) is 17.2 Å². The quantitative estimate of drug-likeness (QED) is 0.153. The van der Waals surface area contributed by atoms with Gasteiger partial charge in [-0.05, 0) is 81.5 Å². The van der Waals surface area contributed by atoms with Gasteiger partial charge in [-0.3, -0.25) is 9.59 Å². The molecule has 2 aromatic carbocycles. The minimum absolute atomic E-state index is 0.140. The van der Waals surface area contributed by atoms with Crippen LogP contribution in [0, 0.1) is 5.41 Å². The van der Waals surface area contributed by atoms with Gasteiger partial charge in [0, 0.05) is 22.8 Å². The maximum atomic E-state index is 12.9. The topological polar surface area (TPSA) is 61.8 Å². The normalized spacial score (nSPS) is 12.0. The predicted octanol–water partition coefficient (Wildman–Crippen LogP) is 7.41. The molecule has 0 heterocycles. The summed E-state index contributed by atoms with van der Waals surface area (Å²) in [6, 6.07) is 10.6. The molecule has 2 rings (SSSR count). The molecular formula is C30H40O5. The van der Waals surface area contributed by atoms with Crippen LogP contribution in [0.3, 0.4) is 0 Å². The van der Waals surface area contributed by atoms with Gasteiger partial charge in [-0.15, -0.1) is 0 Å². The van der Waals surface area contributed by atoms with E-state index in [-0.39, 0.29) is 17.2 Å². The average molecular weight is 481 g/mol. The van der Waals surface area contributed by atoms with Gasteiger partial charge >= 0.3 is 5.97 Å². The number of hydrogen-bond donors (Lipinski definition) is 0. The van der Waals surface area contributed by atoms with E-state index in [1.165, 1.54) is 0 Å². The Bertz CT molecular complexity index is 1030. The summed E-state index contributed by atoms with van der Waals surface area (Å²) in [5.41, 5.74) is 1.66. The molecular weight excluding hydrogens is 440 g/mol. The second kappa shape index (κ2) is 12.1. The van der Waals surface area contributed by atoms with Crippen LogP contribution in [0.1, 0.15) is 89.7 Å². The molecule has 35 heavy (non-hydrogen) atoms. The van der Waals surface area contributed by atoms with Crippen LogP contribution < -0.4 is 14.2 Å². The molecule has 0 atom stereocenters. The number of ether oxygens (including phenoxy) is 3. The minimum Gasteiger partial charge on any atom is -0.493 e. The number of rotatable bonds is 10. The lowest BCUT2D eigenvalue weighted by atomic mass is 9.85. The highest BCUT2D eigenvalue weighted by Crippen LogP contribution is 2.37. The smallest absolute Gasteiger partial charge is 0.316 e. The van der Waals surface area contributed by atoms with Crippen molar-refractivity contribution >= 4 is 17.8 Å². The lowest BCUT2D eigenvalue weighted by Gasteiger charge is -2.25. The zero-order valence-electron chi connectivity index (χ0n) is 22.5. The van der Waals surface area contributed by atoms with Crippen molar-refractivity contribution in [2.75, 3.05) is 13.2 Å². The number of carbonyl (C=O) groups is 2. The van der Waals surface area contributed by atoms with Crippen LogP contribution in [0.25, 0.3) is 6.08 Å². The van der Waals surface area contributed by atoms with Crippen molar-refractivity contribution in [1.29, 1.82) is 0 Å². The van der Waals surface area contributed by atoms with Crippen molar-refractivity contribution in [2.24, 2.45) is 5.41 Å². The predicted molar refractivity (Wildman–Crippen MR) is 142 cm³/mol. The fraction of sp³-hybridized carbons (Fsp3) is 0.467. The Kier molecular flexibility index (Phi) is 9.70. The number of ketones is 1. The molecule has 0 aliphatic heterocycles. The van der Waals surface area contributed by atoms with Gasteiger partial charge in [-0.1, -0.05) is 34.6 Å². The fourth-order valence-electron chi connectivity index (χ4n) is 3.17. The molecule has 5 heteroatoms. The Morgan fingerprint density at radius 2 is 1.40 bits per heavy atom. The summed E-state index contributed by atoms with van der Waals surface area (Å²) in [7, 11) is 0. The van der Waals surface area contributed by atoms with Crippen molar-refractivity contribution in [3.05, 3.63) is 59.2 Å². The van der Waals surface area contributed by atoms with Crippen molar-refractivity contribution in [2.45, 2.75) is 73.6 Å². The van der Waals surface area contributed by atoms with Crippen molar-refractivity contribution < 1.29 is 23.8 Å². The molecule has 0 aliphatic rings. The molecule has 0 radical (unpaired) electrons. The molecule has 0 amide bonds. The van der Waals surface area contributed by atoms with E-state index in [0.717, 1.165) is 29.7 Å². The highest BCUT2D eigenvalue weighted by molar-refractivity contribution is 6.07. The molecule has 0 aliphatic carbocycles. The van der Waals surface area contributed by atoms with Crippen LogP contribution in [-0.2, 0) is 10.2 Å². The third kappa shape index (κ3) is 8.27. The summed E-state index contributed by atoms with van der Waals surface area (Å²) in [6.07, 6.45) is 5.13. The first kappa shape index (κ1) is 28.2. The van der Waals surface area contributed by atoms with Crippen LogP contribution in [0.5, 0.6) is 17.2 Å². The molecule has 0 saturated carbocycles. The molecule has 0 spiro atoms. The molecule has 0 unspecified atom stereocenters.